The van der Waals surface area contributed by atoms with Crippen molar-refractivity contribution in [2.75, 3.05) is 0 Å². The molecule has 6 nitrogen and oxygen atoms in total. The maximum atomic E-state index is 13.1. The maximum absolute atomic E-state index is 13.1. The van der Waals surface area contributed by atoms with E-state index in [0.29, 0.717) is 11.5 Å². The summed E-state index contributed by atoms with van der Waals surface area (Å²) in [5.74, 6) is 0.217. The van der Waals surface area contributed by atoms with Gasteiger partial charge in [0, 0.05) is 16.6 Å². The molecule has 0 spiro atoms. The number of aromatic nitrogens is 3. The van der Waals surface area contributed by atoms with Crippen LogP contribution in [0.15, 0.2) is 59.0 Å². The molecule has 2 aromatic heterocycles. The van der Waals surface area contributed by atoms with Gasteiger partial charge in [-0.3, -0.25) is 4.98 Å². The van der Waals surface area contributed by atoms with Gasteiger partial charge in [0.2, 0.25) is 5.89 Å². The van der Waals surface area contributed by atoms with E-state index >= 15 is 0 Å². The molecule has 0 aliphatic carbocycles. The van der Waals surface area contributed by atoms with Crippen LogP contribution in [-0.2, 0) is 11.2 Å². The van der Waals surface area contributed by atoms with Gasteiger partial charge in [-0.25, -0.2) is 4.79 Å². The van der Waals surface area contributed by atoms with Gasteiger partial charge in [-0.2, -0.15) is 0 Å². The normalized spacial score (nSPS) is 12.1. The van der Waals surface area contributed by atoms with Gasteiger partial charge >= 0.3 is 5.97 Å². The zero-order valence-corrected chi connectivity index (χ0v) is 16.5. The van der Waals surface area contributed by atoms with E-state index < -0.39 is 12.1 Å². The number of ether oxygens (including phenoxy) is 1. The van der Waals surface area contributed by atoms with Crippen molar-refractivity contribution < 1.29 is 13.9 Å². The standard InChI is InChI=1S/C23H21N3O3/c1-4-18-14(2)20(17-12-8-9-13-19(17)24-18)23(27)28-15(3)21-25-26-22(29-21)16-10-6-5-7-11-16/h5-13,15H,4H2,1-3H3/t15-/m1/s1. The number of para-hydroxylation sites is 1. The molecule has 0 bridgehead atoms. The average Bonchev–Trinajstić information content (AvgIpc) is 3.24. The molecule has 0 aliphatic rings. The second-order valence-corrected chi connectivity index (χ2v) is 6.79. The van der Waals surface area contributed by atoms with Crippen LogP contribution in [0.1, 0.15) is 47.5 Å². The molecule has 1 atom stereocenters. The number of nitrogens with zero attached hydrogens (tertiary/aromatic N) is 3. The molecule has 0 N–H and O–H groups in total. The highest BCUT2D eigenvalue weighted by atomic mass is 16.6. The SMILES string of the molecule is CCc1nc2ccccc2c(C(=O)O[C@H](C)c2nnc(-c3ccccc3)o2)c1C. The Morgan fingerprint density at radius 3 is 2.55 bits per heavy atom. The molecule has 0 unspecified atom stereocenters. The van der Waals surface area contributed by atoms with E-state index in [1.807, 2.05) is 68.4 Å². The molecule has 6 heteroatoms. The summed E-state index contributed by atoms with van der Waals surface area (Å²) >= 11 is 0. The molecule has 0 saturated heterocycles. The summed E-state index contributed by atoms with van der Waals surface area (Å²) < 4.78 is 11.4. The van der Waals surface area contributed by atoms with Gasteiger partial charge in [-0.1, -0.05) is 43.3 Å². The molecular formula is C23H21N3O3. The van der Waals surface area contributed by atoms with E-state index in [2.05, 4.69) is 15.2 Å². The van der Waals surface area contributed by atoms with E-state index in [0.717, 1.165) is 34.1 Å². The van der Waals surface area contributed by atoms with Gasteiger partial charge in [0.25, 0.3) is 5.89 Å². The Hall–Kier alpha value is -3.54. The lowest BCUT2D eigenvalue weighted by molar-refractivity contribution is 0.0281. The largest absolute Gasteiger partial charge is 0.449 e. The monoisotopic (exact) mass is 387 g/mol. The predicted molar refractivity (Wildman–Crippen MR) is 109 cm³/mol. The van der Waals surface area contributed by atoms with Gasteiger partial charge in [-0.05, 0) is 44.0 Å². The quantitative estimate of drug-likeness (QED) is 0.445. The number of esters is 1. The van der Waals surface area contributed by atoms with E-state index in [9.17, 15) is 4.79 Å². The van der Waals surface area contributed by atoms with Crippen molar-refractivity contribution in [1.29, 1.82) is 0 Å². The third kappa shape index (κ3) is 3.61. The Labute approximate surface area is 168 Å². The minimum Gasteiger partial charge on any atom is -0.449 e. The second kappa shape index (κ2) is 7.83. The highest BCUT2D eigenvalue weighted by Gasteiger charge is 2.24. The van der Waals surface area contributed by atoms with Crippen LogP contribution < -0.4 is 0 Å². The number of pyridine rings is 1. The zero-order valence-electron chi connectivity index (χ0n) is 16.5. The van der Waals surface area contributed by atoms with E-state index in [1.165, 1.54) is 0 Å². The minimum absolute atomic E-state index is 0.254. The molecule has 0 amide bonds. The first-order valence-corrected chi connectivity index (χ1v) is 9.56. The molecule has 0 radical (unpaired) electrons. The van der Waals surface area contributed by atoms with Crippen LogP contribution in [0.5, 0.6) is 0 Å². The van der Waals surface area contributed by atoms with E-state index in [-0.39, 0.29) is 5.89 Å². The fourth-order valence-electron chi connectivity index (χ4n) is 3.33. The molecule has 0 saturated carbocycles. The Kier molecular flexibility index (Phi) is 5.08. The molecule has 2 heterocycles. The van der Waals surface area contributed by atoms with Crippen LogP contribution in [0, 0.1) is 6.92 Å². The first-order valence-electron chi connectivity index (χ1n) is 9.56. The van der Waals surface area contributed by atoms with Crippen LogP contribution in [0.4, 0.5) is 0 Å². The Morgan fingerprint density at radius 2 is 1.79 bits per heavy atom. The average molecular weight is 387 g/mol. The lowest BCUT2D eigenvalue weighted by Crippen LogP contribution is -2.13. The number of hydrogen-bond donors (Lipinski definition) is 0. The number of hydrogen-bond acceptors (Lipinski definition) is 6. The molecule has 0 fully saturated rings. The van der Waals surface area contributed by atoms with Crippen LogP contribution in [0.3, 0.4) is 0 Å². The third-order valence-electron chi connectivity index (χ3n) is 4.87. The molecular weight excluding hydrogens is 366 g/mol. The summed E-state index contributed by atoms with van der Waals surface area (Å²) in [7, 11) is 0. The van der Waals surface area contributed by atoms with Crippen molar-refractivity contribution >= 4 is 16.9 Å². The number of rotatable bonds is 5. The zero-order chi connectivity index (χ0) is 20.4. The summed E-state index contributed by atoms with van der Waals surface area (Å²) in [5.41, 5.74) is 3.83. The molecule has 29 heavy (non-hydrogen) atoms. The lowest BCUT2D eigenvalue weighted by atomic mass is 10.0. The minimum atomic E-state index is -0.677. The summed E-state index contributed by atoms with van der Waals surface area (Å²) in [5, 5.41) is 8.89. The number of benzene rings is 2. The summed E-state index contributed by atoms with van der Waals surface area (Å²) in [4.78, 5) is 17.7. The summed E-state index contributed by atoms with van der Waals surface area (Å²) in [6.45, 7) is 5.64. The van der Waals surface area contributed by atoms with E-state index in [4.69, 9.17) is 9.15 Å². The van der Waals surface area contributed by atoms with Gasteiger partial charge in [0.15, 0.2) is 6.10 Å². The third-order valence-corrected chi connectivity index (χ3v) is 4.87. The molecule has 4 rings (SSSR count). The maximum Gasteiger partial charge on any atom is 0.339 e. The smallest absolute Gasteiger partial charge is 0.339 e. The van der Waals surface area contributed by atoms with Crippen molar-refractivity contribution in [2.45, 2.75) is 33.3 Å². The Morgan fingerprint density at radius 1 is 1.07 bits per heavy atom. The number of fused-ring (bicyclic) bond motifs is 1. The summed E-state index contributed by atoms with van der Waals surface area (Å²) in [6, 6.07) is 17.0. The molecule has 2 aromatic carbocycles. The van der Waals surface area contributed by atoms with Crippen molar-refractivity contribution in [3.63, 3.8) is 0 Å². The van der Waals surface area contributed by atoms with Gasteiger partial charge in [0.05, 0.1) is 11.1 Å². The highest BCUT2D eigenvalue weighted by Crippen LogP contribution is 2.27. The lowest BCUT2D eigenvalue weighted by Gasteiger charge is -2.15. The Bertz CT molecular complexity index is 1170. The predicted octanol–water partition coefficient (Wildman–Crippen LogP) is 5.07. The second-order valence-electron chi connectivity index (χ2n) is 6.79. The van der Waals surface area contributed by atoms with Crippen LogP contribution in [-0.4, -0.2) is 21.2 Å². The molecule has 4 aromatic rings. The summed E-state index contributed by atoms with van der Waals surface area (Å²) in [6.07, 6.45) is 0.0558. The molecule has 146 valence electrons. The van der Waals surface area contributed by atoms with Crippen molar-refractivity contribution in [3.8, 4) is 11.5 Å². The fraction of sp³-hybridized carbons (Fsp3) is 0.217. The number of carbonyl (C=O) groups is 1. The highest BCUT2D eigenvalue weighted by molar-refractivity contribution is 6.05. The first kappa shape index (κ1) is 18.8. The van der Waals surface area contributed by atoms with E-state index in [1.54, 1.807) is 6.92 Å². The topological polar surface area (TPSA) is 78.1 Å². The van der Waals surface area contributed by atoms with Crippen molar-refractivity contribution in [1.82, 2.24) is 15.2 Å². The number of carbonyl (C=O) groups excluding carboxylic acids is 1. The first-order chi connectivity index (χ1) is 14.1. The van der Waals surface area contributed by atoms with Crippen molar-refractivity contribution in [2.24, 2.45) is 0 Å². The number of aryl methyl sites for hydroxylation is 1. The molecule has 0 aliphatic heterocycles. The van der Waals surface area contributed by atoms with Crippen LogP contribution in [0.25, 0.3) is 22.4 Å². The van der Waals surface area contributed by atoms with Crippen LogP contribution >= 0.6 is 0 Å². The Balaban J connectivity index is 1.63. The van der Waals surface area contributed by atoms with Crippen LogP contribution in [0.2, 0.25) is 0 Å². The van der Waals surface area contributed by atoms with Gasteiger partial charge < -0.3 is 9.15 Å². The van der Waals surface area contributed by atoms with Gasteiger partial charge in [-0.15, -0.1) is 10.2 Å². The fourth-order valence-corrected chi connectivity index (χ4v) is 3.33. The van der Waals surface area contributed by atoms with Gasteiger partial charge in [0.1, 0.15) is 0 Å². The van der Waals surface area contributed by atoms with Crippen molar-refractivity contribution in [3.05, 3.63) is 77.3 Å².